The molecule has 0 unspecified atom stereocenters. The van der Waals surface area contributed by atoms with Crippen LogP contribution in [0, 0.1) is 0 Å². The summed E-state index contributed by atoms with van der Waals surface area (Å²) in [7, 11) is 0. The first-order chi connectivity index (χ1) is 11.2. The lowest BCUT2D eigenvalue weighted by atomic mass is 10.3. The zero-order valence-corrected chi connectivity index (χ0v) is 13.0. The Labute approximate surface area is 138 Å². The normalized spacial score (nSPS) is 10.5. The first kappa shape index (κ1) is 15.2. The monoisotopic (exact) mass is 329 g/mol. The third kappa shape index (κ3) is 3.92. The molecule has 0 saturated heterocycles. The van der Waals surface area contributed by atoms with Crippen molar-refractivity contribution in [2.75, 3.05) is 12.0 Å². The van der Waals surface area contributed by atoms with Crippen LogP contribution in [-0.4, -0.2) is 22.0 Å². The Balaban J connectivity index is 1.45. The summed E-state index contributed by atoms with van der Waals surface area (Å²) in [5.41, 5.74) is 7.78. The number of urea groups is 1. The summed E-state index contributed by atoms with van der Waals surface area (Å²) < 4.78 is 1.95. The second-order valence-corrected chi connectivity index (χ2v) is 5.34. The lowest BCUT2D eigenvalue weighted by molar-refractivity contribution is 0.243. The largest absolute Gasteiger partial charge is 0.336 e. The Hall–Kier alpha value is -2.73. The zero-order valence-electron chi connectivity index (χ0n) is 12.3. The Morgan fingerprint density at radius 1 is 1.17 bits per heavy atom. The van der Waals surface area contributed by atoms with E-state index in [1.807, 2.05) is 47.1 Å². The zero-order chi connectivity index (χ0) is 16.1. The molecule has 1 aromatic carbocycles. The number of hydrogen-bond acceptors (Lipinski definition) is 3. The second kappa shape index (κ2) is 7.02. The number of anilines is 1. The highest BCUT2D eigenvalue weighted by atomic mass is 35.5. The van der Waals surface area contributed by atoms with Crippen LogP contribution in [0.3, 0.4) is 0 Å². The van der Waals surface area contributed by atoms with Crippen LogP contribution >= 0.6 is 11.6 Å². The number of hydrazine groups is 1. The molecule has 118 valence electrons. The van der Waals surface area contributed by atoms with Gasteiger partial charge in [0.05, 0.1) is 16.4 Å². The van der Waals surface area contributed by atoms with Gasteiger partial charge in [0.25, 0.3) is 0 Å². The smallest absolute Gasteiger partial charge is 0.333 e. The minimum Gasteiger partial charge on any atom is -0.336 e. The average molecular weight is 330 g/mol. The molecule has 0 bridgehead atoms. The van der Waals surface area contributed by atoms with Gasteiger partial charge in [-0.05, 0) is 24.3 Å². The molecular weight excluding hydrogens is 314 g/mol. The van der Waals surface area contributed by atoms with E-state index in [1.54, 1.807) is 12.1 Å². The molecule has 3 N–H and O–H groups in total. The number of rotatable bonds is 5. The highest BCUT2D eigenvalue weighted by Gasteiger charge is 2.04. The molecule has 6 nitrogen and oxygen atoms in total. The molecule has 0 spiro atoms. The van der Waals surface area contributed by atoms with E-state index in [4.69, 9.17) is 11.6 Å². The molecule has 0 fully saturated rings. The Morgan fingerprint density at radius 3 is 2.83 bits per heavy atom. The van der Waals surface area contributed by atoms with Crippen molar-refractivity contribution in [1.29, 1.82) is 0 Å². The Bertz CT molecular complexity index is 784. The van der Waals surface area contributed by atoms with Crippen LogP contribution in [0.25, 0.3) is 5.65 Å². The first-order valence-electron chi connectivity index (χ1n) is 7.19. The molecule has 2 amide bonds. The maximum Gasteiger partial charge on any atom is 0.333 e. The summed E-state index contributed by atoms with van der Waals surface area (Å²) in [5, 5.41) is 3.30. The van der Waals surface area contributed by atoms with Gasteiger partial charge in [0.2, 0.25) is 0 Å². The minimum absolute atomic E-state index is 0.325. The van der Waals surface area contributed by atoms with Gasteiger partial charge in [0.1, 0.15) is 5.65 Å². The number of fused-ring (bicyclic) bond motifs is 1. The number of nitrogens with one attached hydrogen (secondary N) is 3. The van der Waals surface area contributed by atoms with E-state index in [1.165, 1.54) is 0 Å². The van der Waals surface area contributed by atoms with Crippen molar-refractivity contribution in [2.45, 2.75) is 6.42 Å². The highest BCUT2D eigenvalue weighted by Crippen LogP contribution is 2.19. The number of nitrogens with zero attached hydrogens (tertiary/aromatic N) is 2. The van der Waals surface area contributed by atoms with Gasteiger partial charge < -0.3 is 9.72 Å². The topological polar surface area (TPSA) is 70.5 Å². The van der Waals surface area contributed by atoms with E-state index in [2.05, 4.69) is 21.2 Å². The maximum atomic E-state index is 11.7. The molecule has 0 aliphatic heterocycles. The molecule has 3 rings (SSSR count). The molecule has 7 heteroatoms. The fourth-order valence-corrected chi connectivity index (χ4v) is 2.33. The van der Waals surface area contributed by atoms with Crippen LogP contribution in [0.5, 0.6) is 0 Å². The number of para-hydroxylation sites is 1. The number of carbonyl (C=O) groups is 1. The van der Waals surface area contributed by atoms with Gasteiger partial charge in [-0.1, -0.05) is 29.8 Å². The lowest BCUT2D eigenvalue weighted by Crippen LogP contribution is -2.39. The highest BCUT2D eigenvalue weighted by molar-refractivity contribution is 6.33. The van der Waals surface area contributed by atoms with E-state index >= 15 is 0 Å². The van der Waals surface area contributed by atoms with Gasteiger partial charge >= 0.3 is 6.03 Å². The third-order valence-electron chi connectivity index (χ3n) is 3.27. The van der Waals surface area contributed by atoms with E-state index < -0.39 is 0 Å². The Kier molecular flexibility index (Phi) is 4.63. The standard InChI is InChI=1S/C16H16ClN5O/c17-13-5-1-2-6-14(13)20-21-16(23)18-9-8-12-11-22-10-4-3-7-15(22)19-12/h1-7,10-11,20H,8-9H2,(H2,18,21,23). The number of amides is 2. The van der Waals surface area contributed by atoms with Gasteiger partial charge in [-0.25, -0.2) is 9.78 Å². The van der Waals surface area contributed by atoms with Crippen LogP contribution < -0.4 is 16.2 Å². The molecule has 0 saturated carbocycles. The molecule has 0 aliphatic carbocycles. The van der Waals surface area contributed by atoms with Crippen LogP contribution in [0.4, 0.5) is 10.5 Å². The quantitative estimate of drug-likeness (QED) is 0.630. The van der Waals surface area contributed by atoms with Crippen LogP contribution in [-0.2, 0) is 6.42 Å². The van der Waals surface area contributed by atoms with Gasteiger partial charge in [-0.3, -0.25) is 10.9 Å². The molecule has 2 heterocycles. The summed E-state index contributed by atoms with van der Waals surface area (Å²) >= 11 is 5.99. The average Bonchev–Trinajstić information content (AvgIpc) is 2.97. The van der Waals surface area contributed by atoms with Crippen molar-refractivity contribution in [3.63, 3.8) is 0 Å². The van der Waals surface area contributed by atoms with Gasteiger partial charge in [0, 0.05) is 25.4 Å². The summed E-state index contributed by atoms with van der Waals surface area (Å²) in [5.74, 6) is 0. The number of halogens is 1. The van der Waals surface area contributed by atoms with Gasteiger partial charge in [-0.2, -0.15) is 0 Å². The number of pyridine rings is 1. The molecule has 0 aliphatic rings. The van der Waals surface area contributed by atoms with Gasteiger partial charge in [0.15, 0.2) is 0 Å². The molecular formula is C16H16ClN5O. The van der Waals surface area contributed by atoms with Crippen LogP contribution in [0.2, 0.25) is 5.02 Å². The molecule has 23 heavy (non-hydrogen) atoms. The van der Waals surface area contributed by atoms with Crippen molar-refractivity contribution in [2.24, 2.45) is 0 Å². The number of aromatic nitrogens is 2. The van der Waals surface area contributed by atoms with Crippen molar-refractivity contribution in [3.8, 4) is 0 Å². The van der Waals surface area contributed by atoms with Crippen LogP contribution in [0.1, 0.15) is 5.69 Å². The summed E-state index contributed by atoms with van der Waals surface area (Å²) in [4.78, 5) is 16.2. The van der Waals surface area contributed by atoms with Crippen molar-refractivity contribution in [3.05, 3.63) is 65.6 Å². The Morgan fingerprint density at radius 2 is 2.00 bits per heavy atom. The fourth-order valence-electron chi connectivity index (χ4n) is 2.14. The summed E-state index contributed by atoms with van der Waals surface area (Å²) in [6.45, 7) is 0.486. The molecule has 2 aromatic heterocycles. The third-order valence-corrected chi connectivity index (χ3v) is 3.59. The number of hydrogen-bond donors (Lipinski definition) is 3. The fraction of sp³-hybridized carbons (Fsp3) is 0.125. The van der Waals surface area contributed by atoms with Crippen molar-refractivity contribution < 1.29 is 4.79 Å². The van der Waals surface area contributed by atoms with Crippen molar-refractivity contribution >= 4 is 29.0 Å². The number of imidazole rings is 1. The molecule has 3 aromatic rings. The summed E-state index contributed by atoms with van der Waals surface area (Å²) in [6.07, 6.45) is 4.55. The van der Waals surface area contributed by atoms with E-state index in [0.29, 0.717) is 23.7 Å². The predicted molar refractivity (Wildman–Crippen MR) is 90.5 cm³/mol. The van der Waals surface area contributed by atoms with Crippen molar-refractivity contribution in [1.82, 2.24) is 20.1 Å². The predicted octanol–water partition coefficient (Wildman–Crippen LogP) is 2.86. The maximum absolute atomic E-state index is 11.7. The lowest BCUT2D eigenvalue weighted by Gasteiger charge is -2.10. The molecule has 0 atom stereocenters. The minimum atomic E-state index is -0.325. The first-order valence-corrected chi connectivity index (χ1v) is 7.57. The second-order valence-electron chi connectivity index (χ2n) is 4.93. The van der Waals surface area contributed by atoms with Crippen LogP contribution in [0.15, 0.2) is 54.9 Å². The van der Waals surface area contributed by atoms with E-state index in [-0.39, 0.29) is 6.03 Å². The number of benzene rings is 1. The number of carbonyl (C=O) groups excluding carboxylic acids is 1. The molecule has 0 radical (unpaired) electrons. The van der Waals surface area contributed by atoms with Gasteiger partial charge in [-0.15, -0.1) is 0 Å². The SMILES string of the molecule is O=C(NCCc1cn2ccccc2n1)NNc1ccccc1Cl. The van der Waals surface area contributed by atoms with E-state index in [9.17, 15) is 4.79 Å². The summed E-state index contributed by atoms with van der Waals surface area (Å²) in [6, 6.07) is 12.7. The van der Waals surface area contributed by atoms with E-state index in [0.717, 1.165) is 11.3 Å².